The van der Waals surface area contributed by atoms with Crippen LogP contribution in [0.2, 0.25) is 0 Å². The summed E-state index contributed by atoms with van der Waals surface area (Å²) in [5, 5.41) is 13.6. The normalized spacial score (nSPS) is 22.3. The quantitative estimate of drug-likeness (QED) is 0.512. The van der Waals surface area contributed by atoms with Gasteiger partial charge in [0.2, 0.25) is 10.0 Å². The number of carboxylic acid groups (broad SMARTS) is 1. The van der Waals surface area contributed by atoms with Gasteiger partial charge in [0, 0.05) is 19.6 Å². The second kappa shape index (κ2) is 6.13. The number of sulfonamides is 1. The lowest BCUT2D eigenvalue weighted by molar-refractivity contribution is -0.142. The van der Waals surface area contributed by atoms with Crippen molar-refractivity contribution < 1.29 is 26.7 Å². The molecule has 1 unspecified atom stereocenters. The van der Waals surface area contributed by atoms with Crippen LogP contribution < -0.4 is 9.86 Å². The van der Waals surface area contributed by atoms with Crippen molar-refractivity contribution in [2.24, 2.45) is 11.1 Å². The van der Waals surface area contributed by atoms with E-state index in [1.165, 1.54) is 0 Å². The van der Waals surface area contributed by atoms with E-state index in [1.807, 2.05) is 0 Å². The molecule has 9 nitrogen and oxygen atoms in total. The van der Waals surface area contributed by atoms with Crippen LogP contribution in [-0.2, 0) is 25.0 Å². The SMILES string of the molecule is NS(=O)(=O)CCNS(=O)(=O)N1CCCC(C(=O)O)C1. The summed E-state index contributed by atoms with van der Waals surface area (Å²) in [4.78, 5) is 10.8. The standard InChI is InChI=1S/C8H17N3O6S2/c9-18(14,15)5-3-10-19(16,17)11-4-1-2-7(6-11)8(12)13/h7,10H,1-6H2,(H,12,13)(H2,9,14,15). The molecule has 112 valence electrons. The van der Waals surface area contributed by atoms with E-state index < -0.39 is 37.9 Å². The molecule has 1 rings (SSSR count). The summed E-state index contributed by atoms with van der Waals surface area (Å²) in [5.41, 5.74) is 0. The van der Waals surface area contributed by atoms with E-state index in [2.05, 4.69) is 4.72 Å². The van der Waals surface area contributed by atoms with Crippen molar-refractivity contribution in [1.29, 1.82) is 0 Å². The molecule has 1 aliphatic rings. The number of carbonyl (C=O) groups is 1. The summed E-state index contributed by atoms with van der Waals surface area (Å²) in [7, 11) is -7.61. The van der Waals surface area contributed by atoms with Crippen molar-refractivity contribution in [1.82, 2.24) is 9.03 Å². The van der Waals surface area contributed by atoms with Gasteiger partial charge in [-0.25, -0.2) is 18.3 Å². The van der Waals surface area contributed by atoms with Gasteiger partial charge < -0.3 is 5.11 Å². The predicted octanol–water partition coefficient (Wildman–Crippen LogP) is -2.09. The molecule has 1 heterocycles. The number of rotatable bonds is 6. The van der Waals surface area contributed by atoms with Gasteiger partial charge in [-0.2, -0.15) is 12.7 Å². The lowest BCUT2D eigenvalue weighted by atomic mass is 10.0. The third-order valence-electron chi connectivity index (χ3n) is 2.74. The zero-order chi connectivity index (χ0) is 14.7. The summed E-state index contributed by atoms with van der Waals surface area (Å²) < 4.78 is 48.1. The molecule has 11 heteroatoms. The maximum atomic E-state index is 11.8. The molecule has 0 bridgehead atoms. The lowest BCUT2D eigenvalue weighted by Crippen LogP contribution is -2.48. The monoisotopic (exact) mass is 315 g/mol. The number of primary sulfonamides is 1. The van der Waals surface area contributed by atoms with Gasteiger partial charge in [-0.1, -0.05) is 0 Å². The molecule has 0 amide bonds. The molecule has 1 saturated heterocycles. The van der Waals surface area contributed by atoms with Crippen LogP contribution in [0.3, 0.4) is 0 Å². The number of nitrogens with zero attached hydrogens (tertiary/aromatic N) is 1. The van der Waals surface area contributed by atoms with E-state index in [-0.39, 0.29) is 19.6 Å². The van der Waals surface area contributed by atoms with Crippen molar-refractivity contribution in [3.63, 3.8) is 0 Å². The number of nitrogens with two attached hydrogens (primary N) is 1. The third kappa shape index (κ3) is 5.40. The van der Waals surface area contributed by atoms with E-state index >= 15 is 0 Å². The molecule has 1 aliphatic heterocycles. The largest absolute Gasteiger partial charge is 0.481 e. The Morgan fingerprint density at radius 1 is 1.37 bits per heavy atom. The van der Waals surface area contributed by atoms with Crippen LogP contribution in [0.25, 0.3) is 0 Å². The zero-order valence-corrected chi connectivity index (χ0v) is 11.8. The molecule has 0 aromatic carbocycles. The van der Waals surface area contributed by atoms with E-state index in [0.717, 1.165) is 4.31 Å². The van der Waals surface area contributed by atoms with Gasteiger partial charge >= 0.3 is 5.97 Å². The zero-order valence-electron chi connectivity index (χ0n) is 10.1. The Bertz CT molecular complexity index is 529. The highest BCUT2D eigenvalue weighted by Crippen LogP contribution is 2.18. The highest BCUT2D eigenvalue weighted by Gasteiger charge is 2.32. The Morgan fingerprint density at radius 3 is 2.53 bits per heavy atom. The maximum Gasteiger partial charge on any atom is 0.307 e. The molecule has 0 aromatic rings. The van der Waals surface area contributed by atoms with Gasteiger partial charge in [-0.15, -0.1) is 0 Å². The van der Waals surface area contributed by atoms with Crippen LogP contribution in [0.1, 0.15) is 12.8 Å². The summed E-state index contributed by atoms with van der Waals surface area (Å²) in [6, 6.07) is 0. The Balaban J connectivity index is 2.59. The maximum absolute atomic E-state index is 11.8. The third-order valence-corrected chi connectivity index (χ3v) is 5.10. The first-order valence-corrected chi connectivity index (χ1v) is 8.75. The summed E-state index contributed by atoms with van der Waals surface area (Å²) in [6.45, 7) is -0.232. The number of carboxylic acids is 1. The highest BCUT2D eigenvalue weighted by molar-refractivity contribution is 7.89. The summed E-state index contributed by atoms with van der Waals surface area (Å²) in [6.07, 6.45) is 0.881. The lowest BCUT2D eigenvalue weighted by Gasteiger charge is -2.29. The van der Waals surface area contributed by atoms with E-state index in [0.29, 0.717) is 12.8 Å². The van der Waals surface area contributed by atoms with Crippen LogP contribution in [0.5, 0.6) is 0 Å². The van der Waals surface area contributed by atoms with Gasteiger partial charge in [0.15, 0.2) is 0 Å². The Kier molecular flexibility index (Phi) is 5.26. The summed E-state index contributed by atoms with van der Waals surface area (Å²) in [5.74, 6) is -2.28. The molecule has 1 atom stereocenters. The number of piperidine rings is 1. The van der Waals surface area contributed by atoms with E-state index in [9.17, 15) is 21.6 Å². The predicted molar refractivity (Wildman–Crippen MR) is 66.8 cm³/mol. The molecule has 0 aliphatic carbocycles. The minimum atomic E-state index is -3.87. The Hall–Kier alpha value is -0.750. The Morgan fingerprint density at radius 2 is 2.00 bits per heavy atom. The molecule has 1 fully saturated rings. The first-order valence-electron chi connectivity index (χ1n) is 5.60. The average molecular weight is 315 g/mol. The Labute approximate surface area is 112 Å². The van der Waals surface area contributed by atoms with E-state index in [1.54, 1.807) is 0 Å². The molecule has 0 aromatic heterocycles. The molecular weight excluding hydrogens is 298 g/mol. The van der Waals surface area contributed by atoms with Crippen molar-refractivity contribution in [3.05, 3.63) is 0 Å². The molecule has 19 heavy (non-hydrogen) atoms. The number of hydrogen-bond acceptors (Lipinski definition) is 5. The molecule has 0 spiro atoms. The topological polar surface area (TPSA) is 147 Å². The molecular formula is C8H17N3O6S2. The number of aliphatic carboxylic acids is 1. The minimum Gasteiger partial charge on any atom is -0.481 e. The van der Waals surface area contributed by atoms with Crippen molar-refractivity contribution in [2.45, 2.75) is 12.8 Å². The fourth-order valence-electron chi connectivity index (χ4n) is 1.77. The van der Waals surface area contributed by atoms with E-state index in [4.69, 9.17) is 10.2 Å². The fraction of sp³-hybridized carbons (Fsp3) is 0.875. The van der Waals surface area contributed by atoms with Crippen LogP contribution in [0, 0.1) is 5.92 Å². The van der Waals surface area contributed by atoms with Crippen LogP contribution >= 0.6 is 0 Å². The van der Waals surface area contributed by atoms with Crippen molar-refractivity contribution in [3.8, 4) is 0 Å². The van der Waals surface area contributed by atoms with Crippen LogP contribution in [0.15, 0.2) is 0 Å². The van der Waals surface area contributed by atoms with Gasteiger partial charge in [0.25, 0.3) is 10.2 Å². The number of hydrogen-bond donors (Lipinski definition) is 3. The first kappa shape index (κ1) is 16.3. The highest BCUT2D eigenvalue weighted by atomic mass is 32.2. The molecule has 4 N–H and O–H groups in total. The summed E-state index contributed by atoms with van der Waals surface area (Å²) >= 11 is 0. The van der Waals surface area contributed by atoms with Crippen LogP contribution in [0.4, 0.5) is 0 Å². The number of nitrogens with one attached hydrogen (secondary N) is 1. The smallest absolute Gasteiger partial charge is 0.307 e. The first-order chi connectivity index (χ1) is 8.62. The minimum absolute atomic E-state index is 0.111. The second-order valence-electron chi connectivity index (χ2n) is 4.30. The molecule has 0 radical (unpaired) electrons. The van der Waals surface area contributed by atoms with Crippen LogP contribution in [-0.4, -0.2) is 57.6 Å². The van der Waals surface area contributed by atoms with Gasteiger partial charge in [-0.3, -0.25) is 4.79 Å². The van der Waals surface area contributed by atoms with Gasteiger partial charge in [0.1, 0.15) is 0 Å². The van der Waals surface area contributed by atoms with Gasteiger partial charge in [0.05, 0.1) is 11.7 Å². The second-order valence-corrected chi connectivity index (χ2v) is 7.79. The van der Waals surface area contributed by atoms with Crippen molar-refractivity contribution >= 4 is 26.2 Å². The fourth-order valence-corrected chi connectivity index (χ4v) is 3.57. The van der Waals surface area contributed by atoms with Crippen molar-refractivity contribution in [2.75, 3.05) is 25.4 Å². The van der Waals surface area contributed by atoms with Gasteiger partial charge in [-0.05, 0) is 12.8 Å². The molecule has 0 saturated carbocycles. The average Bonchev–Trinajstić information content (AvgIpc) is 2.27.